The van der Waals surface area contributed by atoms with Crippen molar-refractivity contribution in [2.75, 3.05) is 6.54 Å². The topological polar surface area (TPSA) is 71.3 Å². The average Bonchev–Trinajstić information content (AvgIpc) is 3.13. The number of carbonyl (C=O) groups excluding carboxylic acids is 2. The van der Waals surface area contributed by atoms with Gasteiger partial charge in [-0.1, -0.05) is 30.3 Å². The normalized spacial score (nSPS) is 11.2. The summed E-state index contributed by atoms with van der Waals surface area (Å²) in [6.07, 6.45) is 1.93. The maximum atomic E-state index is 13.3. The number of benzene rings is 2. The highest BCUT2D eigenvalue weighted by Crippen LogP contribution is 2.13. The summed E-state index contributed by atoms with van der Waals surface area (Å²) in [5.74, 6) is -0.745. The van der Waals surface area contributed by atoms with Crippen LogP contribution in [0.15, 0.2) is 76.8 Å². The molecule has 148 valence electrons. The minimum atomic E-state index is -0.461. The molecule has 0 atom stereocenters. The minimum absolute atomic E-state index is 0.0591. The van der Waals surface area contributed by atoms with Crippen molar-refractivity contribution in [3.63, 3.8) is 0 Å². The zero-order valence-corrected chi connectivity index (χ0v) is 17.5. The van der Waals surface area contributed by atoms with Crippen LogP contribution in [0, 0.1) is 9.58 Å². The van der Waals surface area contributed by atoms with Gasteiger partial charge < -0.3 is 15.1 Å². The van der Waals surface area contributed by atoms with Crippen LogP contribution in [0.25, 0.3) is 6.08 Å². The molecule has 2 amide bonds. The van der Waals surface area contributed by atoms with Crippen LogP contribution < -0.4 is 10.6 Å². The molecule has 0 aliphatic rings. The summed E-state index contributed by atoms with van der Waals surface area (Å²) in [5, 5.41) is 5.38. The number of hydrogen-bond acceptors (Lipinski definition) is 3. The predicted octanol–water partition coefficient (Wildman–Crippen LogP) is 4.15. The van der Waals surface area contributed by atoms with Crippen molar-refractivity contribution in [1.29, 1.82) is 0 Å². The molecule has 7 heteroatoms. The zero-order chi connectivity index (χ0) is 20.6. The Balaban J connectivity index is 1.70. The van der Waals surface area contributed by atoms with Crippen LogP contribution in [0.5, 0.6) is 0 Å². The maximum absolute atomic E-state index is 13.3. The Kier molecular flexibility index (Phi) is 7.18. The first-order valence-electron chi connectivity index (χ1n) is 8.87. The van der Waals surface area contributed by atoms with Crippen LogP contribution in [-0.4, -0.2) is 18.4 Å². The molecule has 0 unspecified atom stereocenters. The summed E-state index contributed by atoms with van der Waals surface area (Å²) in [7, 11) is 0. The van der Waals surface area contributed by atoms with Crippen molar-refractivity contribution in [3.05, 3.63) is 98.9 Å². The summed E-state index contributed by atoms with van der Waals surface area (Å²) in [6.45, 7) is 0.288. The first-order chi connectivity index (χ1) is 14.0. The lowest BCUT2D eigenvalue weighted by Crippen LogP contribution is -2.35. The van der Waals surface area contributed by atoms with E-state index in [4.69, 9.17) is 4.42 Å². The van der Waals surface area contributed by atoms with E-state index in [1.165, 1.54) is 18.2 Å². The lowest BCUT2D eigenvalue weighted by molar-refractivity contribution is -0.117. The molecule has 0 radical (unpaired) electrons. The molecule has 3 aromatic rings. The van der Waals surface area contributed by atoms with Crippen molar-refractivity contribution in [2.45, 2.75) is 6.42 Å². The van der Waals surface area contributed by atoms with E-state index < -0.39 is 11.8 Å². The molecular weight excluding hydrogens is 486 g/mol. The van der Waals surface area contributed by atoms with Crippen LogP contribution in [0.4, 0.5) is 4.39 Å². The number of furan rings is 1. The zero-order valence-electron chi connectivity index (χ0n) is 15.3. The van der Waals surface area contributed by atoms with Gasteiger partial charge in [0.1, 0.15) is 17.3 Å². The van der Waals surface area contributed by atoms with Gasteiger partial charge in [0.05, 0.1) is 0 Å². The molecule has 0 saturated carbocycles. The monoisotopic (exact) mass is 504 g/mol. The molecule has 0 aliphatic heterocycles. The molecule has 3 rings (SSSR count). The van der Waals surface area contributed by atoms with Gasteiger partial charge in [-0.2, -0.15) is 0 Å². The number of nitrogens with one attached hydrogen (secondary N) is 2. The summed E-state index contributed by atoms with van der Waals surface area (Å²) >= 11 is 2.02. The Morgan fingerprint density at radius 3 is 2.52 bits per heavy atom. The van der Waals surface area contributed by atoms with Gasteiger partial charge in [0.15, 0.2) is 3.77 Å². The summed E-state index contributed by atoms with van der Waals surface area (Å²) < 4.78 is 19.4. The summed E-state index contributed by atoms with van der Waals surface area (Å²) in [4.78, 5) is 25.1. The largest absolute Gasteiger partial charge is 0.451 e. The third kappa shape index (κ3) is 6.28. The van der Waals surface area contributed by atoms with Gasteiger partial charge in [-0.3, -0.25) is 9.59 Å². The van der Waals surface area contributed by atoms with E-state index in [-0.39, 0.29) is 18.1 Å². The van der Waals surface area contributed by atoms with Gasteiger partial charge in [-0.05, 0) is 71.0 Å². The third-order valence-corrected chi connectivity index (χ3v) is 4.58. The Morgan fingerprint density at radius 1 is 1.03 bits per heavy atom. The fourth-order valence-corrected chi connectivity index (χ4v) is 3.03. The second-order valence-electron chi connectivity index (χ2n) is 6.16. The first kappa shape index (κ1) is 20.8. The molecule has 0 saturated heterocycles. The average molecular weight is 504 g/mol. The van der Waals surface area contributed by atoms with E-state index in [0.717, 1.165) is 5.56 Å². The second kappa shape index (κ2) is 10.0. The molecule has 5 nitrogen and oxygen atoms in total. The van der Waals surface area contributed by atoms with Gasteiger partial charge >= 0.3 is 0 Å². The third-order valence-electron chi connectivity index (χ3n) is 4.00. The van der Waals surface area contributed by atoms with E-state index in [0.29, 0.717) is 21.5 Å². The highest BCUT2D eigenvalue weighted by Gasteiger charge is 2.15. The van der Waals surface area contributed by atoms with Gasteiger partial charge in [0, 0.05) is 18.2 Å². The highest BCUT2D eigenvalue weighted by molar-refractivity contribution is 14.1. The SMILES string of the molecule is O=C(NCCc1cccc(F)c1)/C(=C\c1ccc(I)o1)NC(=O)c1ccccc1. The van der Waals surface area contributed by atoms with Crippen molar-refractivity contribution >= 4 is 40.5 Å². The number of carbonyl (C=O) groups is 2. The molecule has 1 aromatic heterocycles. The van der Waals surface area contributed by atoms with Gasteiger partial charge in [-0.15, -0.1) is 0 Å². The van der Waals surface area contributed by atoms with Crippen molar-refractivity contribution in [1.82, 2.24) is 10.6 Å². The quantitative estimate of drug-likeness (QED) is 0.375. The molecule has 0 fully saturated rings. The van der Waals surface area contributed by atoms with Crippen LogP contribution in [-0.2, 0) is 11.2 Å². The van der Waals surface area contributed by atoms with Crippen LogP contribution in [0.3, 0.4) is 0 Å². The summed E-state index contributed by atoms with van der Waals surface area (Å²) in [6, 6.07) is 18.3. The molecule has 29 heavy (non-hydrogen) atoms. The Bertz CT molecular complexity index is 1030. The predicted molar refractivity (Wildman–Crippen MR) is 116 cm³/mol. The molecule has 2 N–H and O–H groups in total. The number of halogens is 2. The van der Waals surface area contributed by atoms with E-state index in [1.807, 2.05) is 22.6 Å². The van der Waals surface area contributed by atoms with Gasteiger partial charge in [0.2, 0.25) is 0 Å². The Hall–Kier alpha value is -2.94. The minimum Gasteiger partial charge on any atom is -0.451 e. The van der Waals surface area contributed by atoms with Crippen LogP contribution >= 0.6 is 22.6 Å². The number of rotatable bonds is 7. The van der Waals surface area contributed by atoms with Crippen molar-refractivity contribution in [3.8, 4) is 0 Å². The molecule has 0 spiro atoms. The first-order valence-corrected chi connectivity index (χ1v) is 9.95. The molecule has 1 heterocycles. The van der Waals surface area contributed by atoms with E-state index >= 15 is 0 Å². The number of amides is 2. The molecule has 0 aliphatic carbocycles. The highest BCUT2D eigenvalue weighted by atomic mass is 127. The van der Waals surface area contributed by atoms with E-state index in [9.17, 15) is 14.0 Å². The maximum Gasteiger partial charge on any atom is 0.267 e. The van der Waals surface area contributed by atoms with E-state index in [1.54, 1.807) is 54.6 Å². The summed E-state index contributed by atoms with van der Waals surface area (Å²) in [5.41, 5.74) is 1.26. The molecule has 0 bridgehead atoms. The molecular formula is C22H18FIN2O3. The fraction of sp³-hybridized carbons (Fsp3) is 0.0909. The van der Waals surface area contributed by atoms with Crippen LogP contribution in [0.2, 0.25) is 0 Å². The van der Waals surface area contributed by atoms with Gasteiger partial charge in [-0.25, -0.2) is 4.39 Å². The lowest BCUT2D eigenvalue weighted by Gasteiger charge is -2.11. The van der Waals surface area contributed by atoms with Crippen molar-refractivity contribution in [2.24, 2.45) is 0 Å². The van der Waals surface area contributed by atoms with Gasteiger partial charge in [0.25, 0.3) is 11.8 Å². The fourth-order valence-electron chi connectivity index (χ4n) is 2.60. The Morgan fingerprint density at radius 2 is 1.83 bits per heavy atom. The Labute approximate surface area is 181 Å². The number of hydrogen-bond donors (Lipinski definition) is 2. The molecule has 2 aromatic carbocycles. The standard InChI is InChI=1S/C22H18FIN2O3/c23-17-8-4-5-15(13-17)11-12-25-22(28)19(14-18-9-10-20(24)29-18)26-21(27)16-6-2-1-3-7-16/h1-10,13-14H,11-12H2,(H,25,28)(H,26,27)/b19-14+. The lowest BCUT2D eigenvalue weighted by atomic mass is 10.1. The smallest absolute Gasteiger partial charge is 0.267 e. The van der Waals surface area contributed by atoms with Crippen LogP contribution in [0.1, 0.15) is 21.7 Å². The van der Waals surface area contributed by atoms with E-state index in [2.05, 4.69) is 10.6 Å². The van der Waals surface area contributed by atoms with Crippen molar-refractivity contribution < 1.29 is 18.4 Å². The second-order valence-corrected chi connectivity index (χ2v) is 7.22.